The van der Waals surface area contributed by atoms with E-state index in [4.69, 9.17) is 21.6 Å². The number of hydrogen-bond donors (Lipinski definition) is 0. The number of hydrogen-bond acceptors (Lipinski definition) is 5. The number of halogens is 1. The van der Waals surface area contributed by atoms with E-state index in [0.29, 0.717) is 51.2 Å². The van der Waals surface area contributed by atoms with Crippen molar-refractivity contribution >= 4 is 51.0 Å². The first-order valence-corrected chi connectivity index (χ1v) is 11.6. The highest BCUT2D eigenvalue weighted by Crippen LogP contribution is 2.25. The summed E-state index contributed by atoms with van der Waals surface area (Å²) < 4.78 is 3.20. The lowest BCUT2D eigenvalue weighted by atomic mass is 10.1. The lowest BCUT2D eigenvalue weighted by Crippen LogP contribution is -2.21. The molecule has 0 saturated carbocycles. The molecule has 0 N–H and O–H groups in total. The molecular weight excluding hydrogens is 460 g/mol. The first-order valence-electron chi connectivity index (χ1n) is 11.2. The molecule has 8 heteroatoms. The van der Waals surface area contributed by atoms with Gasteiger partial charge in [-0.3, -0.25) is 9.36 Å². The molecule has 170 valence electrons. The molecule has 35 heavy (non-hydrogen) atoms. The van der Waals surface area contributed by atoms with Gasteiger partial charge < -0.3 is 0 Å². The third-order valence-corrected chi connectivity index (χ3v) is 6.10. The van der Waals surface area contributed by atoms with Gasteiger partial charge in [-0.25, -0.2) is 15.0 Å². The van der Waals surface area contributed by atoms with Crippen molar-refractivity contribution in [1.82, 2.24) is 24.2 Å². The van der Waals surface area contributed by atoms with Crippen molar-refractivity contribution in [1.29, 1.82) is 0 Å². The lowest BCUT2D eigenvalue weighted by molar-refractivity contribution is 0.661. The highest BCUT2D eigenvalue weighted by Gasteiger charge is 2.19. The van der Waals surface area contributed by atoms with E-state index < -0.39 is 0 Å². The van der Waals surface area contributed by atoms with Gasteiger partial charge in [0.25, 0.3) is 5.56 Å². The summed E-state index contributed by atoms with van der Waals surface area (Å²) in [5.74, 6) is 0. The van der Waals surface area contributed by atoms with Crippen LogP contribution in [0.4, 0.5) is 0 Å². The van der Waals surface area contributed by atoms with Crippen LogP contribution in [0.3, 0.4) is 0 Å². The Bertz CT molecular complexity index is 1790. The second-order valence-electron chi connectivity index (χ2n) is 8.17. The molecule has 3 aromatic carbocycles. The van der Waals surface area contributed by atoms with E-state index in [9.17, 15) is 4.79 Å². The zero-order valence-electron chi connectivity index (χ0n) is 18.5. The summed E-state index contributed by atoms with van der Waals surface area (Å²) in [4.78, 5) is 27.8. The normalized spacial score (nSPS) is 11.8. The highest BCUT2D eigenvalue weighted by atomic mass is 35.5. The molecule has 0 radical (unpaired) electrons. The molecule has 6 aromatic rings. The maximum absolute atomic E-state index is 13.6. The van der Waals surface area contributed by atoms with Gasteiger partial charge in [-0.05, 0) is 41.8 Å². The Labute approximate surface area is 205 Å². The van der Waals surface area contributed by atoms with Crippen LogP contribution >= 0.6 is 11.6 Å². The van der Waals surface area contributed by atoms with Crippen LogP contribution < -0.4 is 5.56 Å². The summed E-state index contributed by atoms with van der Waals surface area (Å²) in [6, 6.07) is 25.0. The third kappa shape index (κ3) is 3.96. The standard InChI is InChI=1S/C27H19ClN6O/c28-20-10-6-9-19(15-20)16-30-34-25-23(24-26(34)32-22-12-5-4-11-21(22)31-24)27(35)33(17-29-25)14-13-18-7-2-1-3-8-18/h1-12,15-17H,13-14H2/b30-16+. The number of para-hydroxylation sites is 2. The molecule has 6 rings (SSSR count). The molecule has 3 heterocycles. The maximum Gasteiger partial charge on any atom is 0.265 e. The average Bonchev–Trinajstić information content (AvgIpc) is 3.19. The molecule has 3 aromatic heterocycles. The van der Waals surface area contributed by atoms with E-state index in [0.717, 1.165) is 11.1 Å². The van der Waals surface area contributed by atoms with Crippen molar-refractivity contribution in [2.45, 2.75) is 13.0 Å². The SMILES string of the molecule is O=c1c2c3nc4ccccc4nc3n(/N=C/c3cccc(Cl)c3)c2ncn1CCc1ccccc1. The first kappa shape index (κ1) is 21.2. The quantitative estimate of drug-likeness (QED) is 0.324. The molecule has 0 aliphatic carbocycles. The fraction of sp³-hybridized carbons (Fsp3) is 0.0741. The van der Waals surface area contributed by atoms with Crippen LogP contribution in [0.25, 0.3) is 33.2 Å². The molecule has 7 nitrogen and oxygen atoms in total. The minimum Gasteiger partial charge on any atom is -0.298 e. The zero-order chi connectivity index (χ0) is 23.8. The van der Waals surface area contributed by atoms with Gasteiger partial charge in [-0.2, -0.15) is 9.78 Å². The van der Waals surface area contributed by atoms with E-state index in [1.165, 1.54) is 0 Å². The van der Waals surface area contributed by atoms with Crippen molar-refractivity contribution in [3.63, 3.8) is 0 Å². The Morgan fingerprint density at radius 2 is 1.66 bits per heavy atom. The second-order valence-corrected chi connectivity index (χ2v) is 8.61. The summed E-state index contributed by atoms with van der Waals surface area (Å²) >= 11 is 6.13. The van der Waals surface area contributed by atoms with Gasteiger partial charge in [0.2, 0.25) is 0 Å². The van der Waals surface area contributed by atoms with Crippen LogP contribution in [-0.4, -0.2) is 30.4 Å². The van der Waals surface area contributed by atoms with Crippen LogP contribution in [0.2, 0.25) is 5.02 Å². The highest BCUT2D eigenvalue weighted by molar-refractivity contribution is 6.30. The maximum atomic E-state index is 13.6. The van der Waals surface area contributed by atoms with E-state index in [-0.39, 0.29) is 5.56 Å². The molecule has 0 spiro atoms. The second kappa shape index (κ2) is 8.77. The van der Waals surface area contributed by atoms with Crippen LogP contribution in [-0.2, 0) is 13.0 Å². The smallest absolute Gasteiger partial charge is 0.265 e. The molecular formula is C27H19ClN6O. The summed E-state index contributed by atoms with van der Waals surface area (Å²) in [5, 5.41) is 5.64. The Morgan fingerprint density at radius 1 is 0.886 bits per heavy atom. The van der Waals surface area contributed by atoms with Crippen molar-refractivity contribution in [3.8, 4) is 0 Å². The first-order chi connectivity index (χ1) is 17.2. The van der Waals surface area contributed by atoms with Crippen molar-refractivity contribution in [3.05, 3.63) is 112 Å². The molecule has 0 saturated heterocycles. The fourth-order valence-electron chi connectivity index (χ4n) is 4.13. The Hall–Kier alpha value is -4.36. The lowest BCUT2D eigenvalue weighted by Gasteiger charge is -2.05. The summed E-state index contributed by atoms with van der Waals surface area (Å²) in [7, 11) is 0. The average molecular weight is 479 g/mol. The van der Waals surface area contributed by atoms with Crippen LogP contribution in [0, 0.1) is 0 Å². The number of benzene rings is 3. The van der Waals surface area contributed by atoms with Crippen LogP contribution in [0.15, 0.2) is 95.1 Å². The monoisotopic (exact) mass is 478 g/mol. The summed E-state index contributed by atoms with van der Waals surface area (Å²) in [6.45, 7) is 0.505. The predicted molar refractivity (Wildman–Crippen MR) is 139 cm³/mol. The number of fused-ring (bicyclic) bond motifs is 4. The van der Waals surface area contributed by atoms with Gasteiger partial charge >= 0.3 is 0 Å². The predicted octanol–water partition coefficient (Wildman–Crippen LogP) is 5.07. The van der Waals surface area contributed by atoms with E-state index >= 15 is 0 Å². The van der Waals surface area contributed by atoms with Crippen molar-refractivity contribution < 1.29 is 0 Å². The van der Waals surface area contributed by atoms with Crippen LogP contribution in [0.5, 0.6) is 0 Å². The largest absolute Gasteiger partial charge is 0.298 e. The third-order valence-electron chi connectivity index (χ3n) is 5.86. The van der Waals surface area contributed by atoms with Crippen molar-refractivity contribution in [2.24, 2.45) is 5.10 Å². The Kier molecular flexibility index (Phi) is 5.31. The molecule has 0 atom stereocenters. The Morgan fingerprint density at radius 3 is 2.46 bits per heavy atom. The minimum atomic E-state index is -0.169. The molecule has 0 fully saturated rings. The van der Waals surface area contributed by atoms with E-state index in [2.05, 4.69) is 10.1 Å². The number of aryl methyl sites for hydroxylation is 2. The minimum absolute atomic E-state index is 0.169. The van der Waals surface area contributed by atoms with Gasteiger partial charge in [0, 0.05) is 11.6 Å². The van der Waals surface area contributed by atoms with Gasteiger partial charge in [-0.15, -0.1) is 0 Å². The summed E-state index contributed by atoms with van der Waals surface area (Å²) in [6.07, 6.45) is 3.95. The molecule has 0 unspecified atom stereocenters. The van der Waals surface area contributed by atoms with Gasteiger partial charge in [0.05, 0.1) is 23.6 Å². The number of aromatic nitrogens is 5. The van der Waals surface area contributed by atoms with Gasteiger partial charge in [0.15, 0.2) is 11.3 Å². The molecule has 0 amide bonds. The van der Waals surface area contributed by atoms with Gasteiger partial charge in [0.1, 0.15) is 10.9 Å². The fourth-order valence-corrected chi connectivity index (χ4v) is 4.33. The molecule has 0 aliphatic heterocycles. The van der Waals surface area contributed by atoms with E-state index in [1.54, 1.807) is 27.9 Å². The Balaban J connectivity index is 1.54. The van der Waals surface area contributed by atoms with E-state index in [1.807, 2.05) is 72.8 Å². The summed E-state index contributed by atoms with van der Waals surface area (Å²) in [5.41, 5.74) is 4.59. The molecule has 0 aliphatic rings. The van der Waals surface area contributed by atoms with Gasteiger partial charge in [-0.1, -0.05) is 66.2 Å². The van der Waals surface area contributed by atoms with Crippen LogP contribution in [0.1, 0.15) is 11.1 Å². The topological polar surface area (TPSA) is 78.0 Å². The molecule has 0 bridgehead atoms. The number of rotatable bonds is 5. The van der Waals surface area contributed by atoms with Crippen molar-refractivity contribution in [2.75, 3.05) is 0 Å². The number of nitrogens with zero attached hydrogens (tertiary/aromatic N) is 6. The zero-order valence-corrected chi connectivity index (χ0v) is 19.3.